The lowest BCUT2D eigenvalue weighted by atomic mass is 9.93. The molecule has 7 heteroatoms. The van der Waals surface area contributed by atoms with Gasteiger partial charge in [0.1, 0.15) is 11.5 Å². The van der Waals surface area contributed by atoms with Crippen molar-refractivity contribution in [2.75, 3.05) is 46.5 Å². The lowest BCUT2D eigenvalue weighted by Gasteiger charge is -2.31. The molecule has 2 aromatic rings. The number of rotatable bonds is 6. The number of carbonyl (C=O) groups excluding carboxylic acids is 2. The van der Waals surface area contributed by atoms with E-state index in [4.69, 9.17) is 9.47 Å². The average Bonchev–Trinajstić information content (AvgIpc) is 3.09. The first-order chi connectivity index (χ1) is 15.9. The molecule has 0 spiro atoms. The zero-order valence-electron chi connectivity index (χ0n) is 19.3. The zero-order chi connectivity index (χ0) is 23.5. The van der Waals surface area contributed by atoms with Gasteiger partial charge in [-0.1, -0.05) is 43.3 Å². The van der Waals surface area contributed by atoms with Crippen molar-refractivity contribution in [1.29, 1.82) is 0 Å². The fourth-order valence-electron chi connectivity index (χ4n) is 4.54. The molecule has 1 unspecified atom stereocenters. The number of hydrogen-bond donors (Lipinski definition) is 1. The zero-order valence-corrected chi connectivity index (χ0v) is 19.3. The molecule has 0 saturated carbocycles. The van der Waals surface area contributed by atoms with Gasteiger partial charge in [-0.3, -0.25) is 14.5 Å². The standard InChI is InChI=1S/C26H30N2O5.CH4/c1-17-8-9-18(2)20(16-17)24(29)22-23(19-6-4-5-7-21(19)32-3)28(26(31)25(22)30)11-10-27-12-14-33-15-13-27;/h4-9,16,23,29H,10-15H2,1-3H3;1H4. The Morgan fingerprint density at radius 2 is 1.79 bits per heavy atom. The van der Waals surface area contributed by atoms with E-state index >= 15 is 0 Å². The Labute approximate surface area is 201 Å². The number of para-hydroxylation sites is 1. The Balaban J connectivity index is 0.00000324. The molecule has 7 nitrogen and oxygen atoms in total. The van der Waals surface area contributed by atoms with Crippen LogP contribution in [0.3, 0.4) is 0 Å². The molecule has 0 radical (unpaired) electrons. The van der Waals surface area contributed by atoms with E-state index in [1.807, 2.05) is 50.2 Å². The van der Waals surface area contributed by atoms with Gasteiger partial charge in [0.15, 0.2) is 0 Å². The van der Waals surface area contributed by atoms with Gasteiger partial charge in [-0.25, -0.2) is 0 Å². The molecule has 2 saturated heterocycles. The SMILES string of the molecule is C.COc1ccccc1C1C(=C(O)c2cc(C)ccc2C)C(=O)C(=O)N1CCN1CCOCC1. The van der Waals surface area contributed by atoms with E-state index in [9.17, 15) is 14.7 Å². The third-order valence-corrected chi connectivity index (χ3v) is 6.38. The fourth-order valence-corrected chi connectivity index (χ4v) is 4.54. The molecule has 2 aliphatic rings. The first-order valence-corrected chi connectivity index (χ1v) is 11.2. The molecular formula is C27H34N2O5. The molecule has 182 valence electrons. The minimum atomic E-state index is -0.734. The first-order valence-electron chi connectivity index (χ1n) is 11.2. The van der Waals surface area contributed by atoms with Crippen LogP contribution in [-0.2, 0) is 14.3 Å². The highest BCUT2D eigenvalue weighted by Crippen LogP contribution is 2.42. The molecule has 1 N–H and O–H groups in total. The highest BCUT2D eigenvalue weighted by molar-refractivity contribution is 6.46. The first kappa shape index (κ1) is 25.5. The molecule has 0 aliphatic carbocycles. The number of aliphatic hydroxyl groups excluding tert-OH is 1. The normalized spacial score (nSPS) is 20.3. The molecule has 2 fully saturated rings. The number of amides is 1. The highest BCUT2D eigenvalue weighted by atomic mass is 16.5. The third kappa shape index (κ3) is 4.86. The Morgan fingerprint density at radius 3 is 2.50 bits per heavy atom. The van der Waals surface area contributed by atoms with Gasteiger partial charge < -0.3 is 19.5 Å². The Hall–Kier alpha value is -3.16. The molecule has 0 bridgehead atoms. The number of methoxy groups -OCH3 is 1. The van der Waals surface area contributed by atoms with Crippen LogP contribution in [0.25, 0.3) is 5.76 Å². The van der Waals surface area contributed by atoms with Crippen LogP contribution >= 0.6 is 0 Å². The van der Waals surface area contributed by atoms with Crippen molar-refractivity contribution in [3.8, 4) is 5.75 Å². The largest absolute Gasteiger partial charge is 0.507 e. The number of carbonyl (C=O) groups is 2. The predicted octanol–water partition coefficient (Wildman–Crippen LogP) is 3.70. The quantitative estimate of drug-likeness (QED) is 0.397. The number of ketones is 1. The maximum atomic E-state index is 13.3. The smallest absolute Gasteiger partial charge is 0.295 e. The van der Waals surface area contributed by atoms with E-state index in [1.54, 1.807) is 18.1 Å². The summed E-state index contributed by atoms with van der Waals surface area (Å²) >= 11 is 0. The number of morpholine rings is 1. The lowest BCUT2D eigenvalue weighted by Crippen LogP contribution is -2.42. The molecule has 2 heterocycles. The van der Waals surface area contributed by atoms with Crippen LogP contribution in [0.15, 0.2) is 48.0 Å². The molecule has 1 amide bonds. The predicted molar refractivity (Wildman–Crippen MR) is 132 cm³/mol. The molecule has 34 heavy (non-hydrogen) atoms. The summed E-state index contributed by atoms with van der Waals surface area (Å²) in [6.07, 6.45) is 0. The summed E-state index contributed by atoms with van der Waals surface area (Å²) in [5.74, 6) is -0.871. The monoisotopic (exact) mass is 466 g/mol. The molecule has 4 rings (SSSR count). The summed E-state index contributed by atoms with van der Waals surface area (Å²) in [6, 6.07) is 12.3. The van der Waals surface area contributed by atoms with Crippen LogP contribution < -0.4 is 4.74 Å². The second-order valence-corrected chi connectivity index (χ2v) is 8.51. The van der Waals surface area contributed by atoms with E-state index in [2.05, 4.69) is 4.90 Å². The number of Topliss-reactive ketones (excluding diaryl/α,β-unsaturated/α-hetero) is 1. The van der Waals surface area contributed by atoms with Gasteiger partial charge in [0, 0.05) is 37.3 Å². The van der Waals surface area contributed by atoms with Crippen molar-refractivity contribution in [3.63, 3.8) is 0 Å². The highest BCUT2D eigenvalue weighted by Gasteiger charge is 2.47. The Morgan fingerprint density at radius 1 is 1.09 bits per heavy atom. The lowest BCUT2D eigenvalue weighted by molar-refractivity contribution is -0.140. The van der Waals surface area contributed by atoms with Crippen LogP contribution in [-0.4, -0.2) is 73.1 Å². The van der Waals surface area contributed by atoms with Crippen molar-refractivity contribution >= 4 is 17.4 Å². The Kier molecular flexibility index (Phi) is 8.12. The van der Waals surface area contributed by atoms with Gasteiger partial charge >= 0.3 is 0 Å². The summed E-state index contributed by atoms with van der Waals surface area (Å²) in [7, 11) is 1.56. The van der Waals surface area contributed by atoms with Gasteiger partial charge in [-0.2, -0.15) is 0 Å². The summed E-state index contributed by atoms with van der Waals surface area (Å²) in [6.45, 7) is 7.65. The van der Waals surface area contributed by atoms with Crippen molar-refractivity contribution in [2.24, 2.45) is 0 Å². The van der Waals surface area contributed by atoms with Crippen LogP contribution in [0.1, 0.15) is 35.7 Å². The number of hydrogen-bond acceptors (Lipinski definition) is 6. The number of likely N-dealkylation sites (tertiary alicyclic amines) is 1. The minimum Gasteiger partial charge on any atom is -0.507 e. The van der Waals surface area contributed by atoms with E-state index in [-0.39, 0.29) is 18.8 Å². The van der Waals surface area contributed by atoms with Crippen molar-refractivity contribution in [1.82, 2.24) is 9.80 Å². The summed E-state index contributed by atoms with van der Waals surface area (Å²) < 4.78 is 11.0. The van der Waals surface area contributed by atoms with Crippen molar-refractivity contribution in [2.45, 2.75) is 27.3 Å². The fraction of sp³-hybridized carbons (Fsp3) is 0.407. The van der Waals surface area contributed by atoms with Gasteiger partial charge in [-0.05, 0) is 31.5 Å². The van der Waals surface area contributed by atoms with Gasteiger partial charge in [0.05, 0.1) is 31.9 Å². The maximum Gasteiger partial charge on any atom is 0.295 e. The number of benzene rings is 2. The van der Waals surface area contributed by atoms with Crippen molar-refractivity contribution in [3.05, 3.63) is 70.3 Å². The molecule has 1 atom stereocenters. The van der Waals surface area contributed by atoms with Crippen LogP contribution in [0.2, 0.25) is 0 Å². The van der Waals surface area contributed by atoms with E-state index in [1.165, 1.54) is 0 Å². The molecular weight excluding hydrogens is 432 g/mol. The molecule has 0 aromatic heterocycles. The van der Waals surface area contributed by atoms with E-state index in [0.29, 0.717) is 43.2 Å². The summed E-state index contributed by atoms with van der Waals surface area (Å²) in [4.78, 5) is 30.3. The van der Waals surface area contributed by atoms with Crippen LogP contribution in [0.4, 0.5) is 0 Å². The number of aliphatic hydroxyl groups is 1. The third-order valence-electron chi connectivity index (χ3n) is 6.38. The van der Waals surface area contributed by atoms with Gasteiger partial charge in [0.2, 0.25) is 0 Å². The van der Waals surface area contributed by atoms with Gasteiger partial charge in [-0.15, -0.1) is 0 Å². The second kappa shape index (κ2) is 10.8. The summed E-state index contributed by atoms with van der Waals surface area (Å²) in [5, 5.41) is 11.4. The average molecular weight is 467 g/mol. The summed E-state index contributed by atoms with van der Waals surface area (Å²) in [5.41, 5.74) is 3.11. The maximum absolute atomic E-state index is 13.3. The number of nitrogens with zero attached hydrogens (tertiary/aromatic N) is 2. The van der Waals surface area contributed by atoms with Crippen molar-refractivity contribution < 1.29 is 24.2 Å². The number of ether oxygens (including phenoxy) is 2. The van der Waals surface area contributed by atoms with Gasteiger partial charge in [0.25, 0.3) is 11.7 Å². The topological polar surface area (TPSA) is 79.3 Å². The molecule has 2 aliphatic heterocycles. The van der Waals surface area contributed by atoms with E-state index in [0.717, 1.165) is 24.2 Å². The molecule has 2 aromatic carbocycles. The van der Waals surface area contributed by atoms with Crippen LogP contribution in [0, 0.1) is 13.8 Å². The Bertz CT molecular complexity index is 1090. The second-order valence-electron chi connectivity index (χ2n) is 8.51. The minimum absolute atomic E-state index is 0. The number of aryl methyl sites for hydroxylation is 2. The van der Waals surface area contributed by atoms with E-state index < -0.39 is 17.7 Å². The van der Waals surface area contributed by atoms with Crippen LogP contribution in [0.5, 0.6) is 5.75 Å².